The zero-order chi connectivity index (χ0) is 32.6. The highest BCUT2D eigenvalue weighted by atomic mass is 16.5. The molecule has 0 aliphatic rings. The maximum Gasteiger partial charge on any atom is 0.0820 e. The first-order valence-corrected chi connectivity index (χ1v) is 19.8. The number of nitrogens with one attached hydrogen (secondary N) is 1. The maximum atomic E-state index is 6.25. The molecule has 0 bridgehead atoms. The molecule has 3 heteroatoms. The number of hydrogen-bond donors (Lipinski definition) is 1. The quantitative estimate of drug-likeness (QED) is 0.0548. The Balaban J connectivity index is 3.64. The molecule has 1 unspecified atom stereocenters. The van der Waals surface area contributed by atoms with E-state index in [0.29, 0.717) is 0 Å². The van der Waals surface area contributed by atoms with Crippen molar-refractivity contribution in [3.8, 4) is 0 Å². The average molecular weight is 630 g/mol. The van der Waals surface area contributed by atoms with Crippen LogP contribution in [0.2, 0.25) is 0 Å². The summed E-state index contributed by atoms with van der Waals surface area (Å²) in [5.74, 6) is 0. The van der Waals surface area contributed by atoms with Crippen molar-refractivity contribution < 1.29 is 9.47 Å². The second-order valence-corrected chi connectivity index (χ2v) is 12.9. The van der Waals surface area contributed by atoms with Crippen LogP contribution in [0.5, 0.6) is 0 Å². The van der Waals surface area contributed by atoms with Crippen LogP contribution >= 0.6 is 0 Å². The van der Waals surface area contributed by atoms with Gasteiger partial charge in [0, 0.05) is 13.2 Å². The third-order valence-electron chi connectivity index (χ3n) is 8.38. The van der Waals surface area contributed by atoms with E-state index in [0.717, 1.165) is 52.2 Å². The standard InChI is InChI=1S/C42H79NO2/c1-4-7-9-11-13-15-17-19-21-23-25-27-29-31-33-35-39-44-41-42(37-38-43-6-3)45-40-36-34-32-30-28-26-24-22-20-18-16-14-12-10-8-5-2/h13-16,19-22,42-43H,4-12,17-18,23-41H2,1-3H3/b15-13-,16-14-,21-19-,22-20-. The highest BCUT2D eigenvalue weighted by molar-refractivity contribution is 4.93. The summed E-state index contributed by atoms with van der Waals surface area (Å²) in [6.45, 7) is 11.2. The van der Waals surface area contributed by atoms with Gasteiger partial charge in [-0.15, -0.1) is 0 Å². The number of ether oxygens (including phenoxy) is 2. The van der Waals surface area contributed by atoms with Crippen LogP contribution in [0.3, 0.4) is 0 Å². The van der Waals surface area contributed by atoms with Crippen LogP contribution in [0.25, 0.3) is 0 Å². The van der Waals surface area contributed by atoms with Crippen LogP contribution in [0.4, 0.5) is 0 Å². The molecule has 1 N–H and O–H groups in total. The molecule has 0 aromatic rings. The molecule has 1 atom stereocenters. The van der Waals surface area contributed by atoms with Crippen molar-refractivity contribution in [1.82, 2.24) is 5.32 Å². The summed E-state index contributed by atoms with van der Waals surface area (Å²) in [5.41, 5.74) is 0. The van der Waals surface area contributed by atoms with E-state index in [1.165, 1.54) is 141 Å². The van der Waals surface area contributed by atoms with Gasteiger partial charge in [0.05, 0.1) is 12.7 Å². The lowest BCUT2D eigenvalue weighted by Crippen LogP contribution is -2.26. The smallest absolute Gasteiger partial charge is 0.0820 e. The monoisotopic (exact) mass is 630 g/mol. The summed E-state index contributed by atoms with van der Waals surface area (Å²) < 4.78 is 12.3. The van der Waals surface area contributed by atoms with Crippen molar-refractivity contribution in [3.63, 3.8) is 0 Å². The van der Waals surface area contributed by atoms with Crippen molar-refractivity contribution in [3.05, 3.63) is 48.6 Å². The normalized spacial score (nSPS) is 13.0. The average Bonchev–Trinajstić information content (AvgIpc) is 3.05. The minimum absolute atomic E-state index is 0.228. The topological polar surface area (TPSA) is 30.5 Å². The van der Waals surface area contributed by atoms with Crippen molar-refractivity contribution in [1.29, 1.82) is 0 Å². The Morgan fingerprint density at radius 2 is 0.889 bits per heavy atom. The molecule has 264 valence electrons. The molecule has 45 heavy (non-hydrogen) atoms. The fourth-order valence-electron chi connectivity index (χ4n) is 5.40. The van der Waals surface area contributed by atoms with E-state index in [-0.39, 0.29) is 6.10 Å². The molecule has 0 aliphatic heterocycles. The van der Waals surface area contributed by atoms with Gasteiger partial charge in [-0.1, -0.05) is 146 Å². The molecule has 0 aromatic carbocycles. The fraction of sp³-hybridized carbons (Fsp3) is 0.810. The molecule has 3 nitrogen and oxygen atoms in total. The molecular formula is C42H79NO2. The first-order chi connectivity index (χ1) is 22.3. The lowest BCUT2D eigenvalue weighted by atomic mass is 10.1. The molecule has 0 rings (SSSR count). The van der Waals surface area contributed by atoms with Crippen molar-refractivity contribution in [2.75, 3.05) is 32.9 Å². The molecule has 0 amide bonds. The van der Waals surface area contributed by atoms with Gasteiger partial charge in [0.25, 0.3) is 0 Å². The molecule has 0 saturated heterocycles. The lowest BCUT2D eigenvalue weighted by molar-refractivity contribution is -0.0220. The Hall–Kier alpha value is -1.16. The van der Waals surface area contributed by atoms with Crippen LogP contribution in [-0.2, 0) is 9.47 Å². The van der Waals surface area contributed by atoms with E-state index >= 15 is 0 Å². The van der Waals surface area contributed by atoms with Crippen molar-refractivity contribution in [2.45, 2.75) is 187 Å². The number of allylic oxidation sites excluding steroid dienone is 8. The van der Waals surface area contributed by atoms with Crippen LogP contribution in [-0.4, -0.2) is 39.0 Å². The van der Waals surface area contributed by atoms with Gasteiger partial charge in [-0.2, -0.15) is 0 Å². The van der Waals surface area contributed by atoms with Crippen molar-refractivity contribution in [2.24, 2.45) is 0 Å². The molecule has 0 fully saturated rings. The Bertz CT molecular complexity index is 653. The van der Waals surface area contributed by atoms with Crippen LogP contribution in [0, 0.1) is 0 Å². The minimum atomic E-state index is 0.228. The zero-order valence-electron chi connectivity index (χ0n) is 30.7. The van der Waals surface area contributed by atoms with Gasteiger partial charge >= 0.3 is 0 Å². The Morgan fingerprint density at radius 1 is 0.467 bits per heavy atom. The van der Waals surface area contributed by atoms with Gasteiger partial charge in [0.1, 0.15) is 0 Å². The predicted molar refractivity (Wildman–Crippen MR) is 202 cm³/mol. The lowest BCUT2D eigenvalue weighted by Gasteiger charge is -2.18. The van der Waals surface area contributed by atoms with Gasteiger partial charge in [-0.25, -0.2) is 0 Å². The third-order valence-corrected chi connectivity index (χ3v) is 8.38. The first-order valence-electron chi connectivity index (χ1n) is 19.8. The Morgan fingerprint density at radius 3 is 1.36 bits per heavy atom. The Kier molecular flexibility index (Phi) is 39.8. The summed E-state index contributed by atoms with van der Waals surface area (Å²) in [4.78, 5) is 0. The zero-order valence-corrected chi connectivity index (χ0v) is 30.7. The summed E-state index contributed by atoms with van der Waals surface area (Å²) in [7, 11) is 0. The minimum Gasteiger partial charge on any atom is -0.379 e. The maximum absolute atomic E-state index is 6.25. The summed E-state index contributed by atoms with van der Waals surface area (Å²) in [6, 6.07) is 0. The molecule has 0 aliphatic carbocycles. The molecular weight excluding hydrogens is 550 g/mol. The summed E-state index contributed by atoms with van der Waals surface area (Å²) in [6.07, 6.45) is 50.9. The van der Waals surface area contributed by atoms with Crippen LogP contribution < -0.4 is 5.32 Å². The van der Waals surface area contributed by atoms with E-state index in [2.05, 4.69) is 74.7 Å². The summed E-state index contributed by atoms with van der Waals surface area (Å²) >= 11 is 0. The highest BCUT2D eigenvalue weighted by Crippen LogP contribution is 2.11. The highest BCUT2D eigenvalue weighted by Gasteiger charge is 2.09. The summed E-state index contributed by atoms with van der Waals surface area (Å²) in [5, 5.41) is 3.45. The first kappa shape index (κ1) is 43.8. The molecule has 0 heterocycles. The Labute approximate surface area is 283 Å². The van der Waals surface area contributed by atoms with E-state index in [1.54, 1.807) is 0 Å². The molecule has 0 aromatic heterocycles. The fourth-order valence-corrected chi connectivity index (χ4v) is 5.40. The van der Waals surface area contributed by atoms with E-state index in [9.17, 15) is 0 Å². The molecule has 0 radical (unpaired) electrons. The third kappa shape index (κ3) is 38.9. The number of rotatable bonds is 37. The van der Waals surface area contributed by atoms with Crippen molar-refractivity contribution >= 4 is 0 Å². The van der Waals surface area contributed by atoms with Gasteiger partial charge < -0.3 is 14.8 Å². The van der Waals surface area contributed by atoms with E-state index in [1.807, 2.05) is 0 Å². The van der Waals surface area contributed by atoms with E-state index in [4.69, 9.17) is 9.47 Å². The van der Waals surface area contributed by atoms with Crippen LogP contribution in [0.1, 0.15) is 181 Å². The molecule has 0 saturated carbocycles. The van der Waals surface area contributed by atoms with Gasteiger partial charge in [-0.3, -0.25) is 0 Å². The van der Waals surface area contributed by atoms with Gasteiger partial charge in [0.2, 0.25) is 0 Å². The van der Waals surface area contributed by atoms with E-state index < -0.39 is 0 Å². The largest absolute Gasteiger partial charge is 0.379 e. The number of hydrogen-bond acceptors (Lipinski definition) is 3. The number of unbranched alkanes of at least 4 members (excludes halogenated alkanes) is 18. The predicted octanol–water partition coefficient (Wildman–Crippen LogP) is 13.0. The van der Waals surface area contributed by atoms with Gasteiger partial charge in [-0.05, 0) is 96.6 Å². The molecule has 0 spiro atoms. The van der Waals surface area contributed by atoms with Crippen LogP contribution in [0.15, 0.2) is 48.6 Å². The SMILES string of the molecule is CCCCC/C=C\C/C=C\CCCCCCCCOCC(CCNCC)OCCCCCCCC/C=C\C/C=C\CCCCC. The second kappa shape index (κ2) is 40.9. The van der Waals surface area contributed by atoms with Gasteiger partial charge in [0.15, 0.2) is 0 Å². The second-order valence-electron chi connectivity index (χ2n) is 12.9.